The number of hydrogen-bond donors (Lipinski definition) is 0. The largest absolute Gasteiger partial charge is 0.379 e. The van der Waals surface area contributed by atoms with E-state index in [1.807, 2.05) is 13.8 Å². The number of halogens is 1. The fourth-order valence-corrected chi connectivity index (χ4v) is 2.09. The van der Waals surface area contributed by atoms with Crippen molar-refractivity contribution in [2.45, 2.75) is 26.7 Å². The third-order valence-electron chi connectivity index (χ3n) is 2.19. The van der Waals surface area contributed by atoms with Gasteiger partial charge in [-0.15, -0.1) is 0 Å². The first-order valence-corrected chi connectivity index (χ1v) is 8.01. The fraction of sp³-hybridized carbons (Fsp3) is 1.00. The van der Waals surface area contributed by atoms with Crippen molar-refractivity contribution in [2.75, 3.05) is 32.2 Å². The van der Waals surface area contributed by atoms with Gasteiger partial charge in [-0.05, 0) is 25.7 Å². The van der Waals surface area contributed by atoms with Crippen molar-refractivity contribution in [3.05, 3.63) is 0 Å². The second-order valence-electron chi connectivity index (χ2n) is 3.73. The first-order valence-electron chi connectivity index (χ1n) is 5.53. The minimum absolute atomic E-state index is 0.0364. The summed E-state index contributed by atoms with van der Waals surface area (Å²) >= 11 is 0. The van der Waals surface area contributed by atoms with Crippen LogP contribution in [-0.2, 0) is 18.5 Å². The molecule has 0 aromatic rings. The summed E-state index contributed by atoms with van der Waals surface area (Å²) in [4.78, 5) is 0. The topological polar surface area (TPSA) is 52.6 Å². The van der Waals surface area contributed by atoms with Crippen LogP contribution in [0.1, 0.15) is 26.7 Å². The molecule has 0 fully saturated rings. The molecule has 0 aliphatic carbocycles. The molecule has 0 aliphatic heterocycles. The van der Waals surface area contributed by atoms with Crippen LogP contribution < -0.4 is 0 Å². The van der Waals surface area contributed by atoms with Crippen molar-refractivity contribution >= 4 is 19.7 Å². The molecule has 0 bridgehead atoms. The summed E-state index contributed by atoms with van der Waals surface area (Å²) in [6, 6.07) is 0. The minimum atomic E-state index is -3.35. The van der Waals surface area contributed by atoms with Crippen LogP contribution >= 0.6 is 10.7 Å². The van der Waals surface area contributed by atoms with E-state index in [9.17, 15) is 8.42 Å². The van der Waals surface area contributed by atoms with Gasteiger partial charge in [-0.2, -0.15) is 0 Å². The van der Waals surface area contributed by atoms with Crippen molar-refractivity contribution in [1.82, 2.24) is 0 Å². The maximum absolute atomic E-state index is 10.7. The molecule has 0 radical (unpaired) electrons. The molecule has 0 aliphatic rings. The average Bonchev–Trinajstić information content (AvgIpc) is 2.19. The summed E-state index contributed by atoms with van der Waals surface area (Å²) in [7, 11) is 1.77. The van der Waals surface area contributed by atoms with Gasteiger partial charge in [0.05, 0.1) is 19.0 Å². The first kappa shape index (κ1) is 16.2. The van der Waals surface area contributed by atoms with Crippen molar-refractivity contribution in [3.63, 3.8) is 0 Å². The Labute approximate surface area is 103 Å². The summed E-state index contributed by atoms with van der Waals surface area (Å²) in [5.41, 5.74) is 0. The summed E-state index contributed by atoms with van der Waals surface area (Å²) < 4.78 is 31.8. The Morgan fingerprint density at radius 3 is 2.31 bits per heavy atom. The molecule has 0 aromatic carbocycles. The van der Waals surface area contributed by atoms with Crippen molar-refractivity contribution in [2.24, 2.45) is 5.92 Å². The summed E-state index contributed by atoms with van der Waals surface area (Å²) in [5.74, 6) is 0.343. The Morgan fingerprint density at radius 1 is 1.12 bits per heavy atom. The highest BCUT2D eigenvalue weighted by Gasteiger charge is 2.09. The molecular formula is C10H21ClO4S. The highest BCUT2D eigenvalue weighted by atomic mass is 35.7. The zero-order chi connectivity index (χ0) is 12.4. The van der Waals surface area contributed by atoms with Crippen LogP contribution in [0.2, 0.25) is 0 Å². The monoisotopic (exact) mass is 272 g/mol. The Bertz CT molecular complexity index is 254. The van der Waals surface area contributed by atoms with Crippen LogP contribution in [0, 0.1) is 5.92 Å². The molecule has 6 heteroatoms. The lowest BCUT2D eigenvalue weighted by atomic mass is 10.1. The van der Waals surface area contributed by atoms with Gasteiger partial charge in [-0.1, -0.05) is 6.92 Å². The van der Waals surface area contributed by atoms with Crippen molar-refractivity contribution in [3.8, 4) is 0 Å². The van der Waals surface area contributed by atoms with Gasteiger partial charge in [-0.25, -0.2) is 8.42 Å². The van der Waals surface area contributed by atoms with Crippen LogP contribution in [0.4, 0.5) is 0 Å². The lowest BCUT2D eigenvalue weighted by molar-refractivity contribution is 0.0480. The number of rotatable bonds is 10. The van der Waals surface area contributed by atoms with E-state index in [1.165, 1.54) is 0 Å². The molecule has 98 valence electrons. The van der Waals surface area contributed by atoms with Crippen LogP contribution in [-0.4, -0.2) is 40.6 Å². The SMILES string of the molecule is CCOCCOCCC(C)CCS(=O)(=O)Cl. The Morgan fingerprint density at radius 2 is 1.75 bits per heavy atom. The normalized spacial score (nSPS) is 13.9. The van der Waals surface area contributed by atoms with Gasteiger partial charge < -0.3 is 9.47 Å². The summed E-state index contributed by atoms with van der Waals surface area (Å²) in [5, 5.41) is 0. The zero-order valence-electron chi connectivity index (χ0n) is 9.95. The van der Waals surface area contributed by atoms with Crippen LogP contribution in [0.3, 0.4) is 0 Å². The van der Waals surface area contributed by atoms with Gasteiger partial charge in [0.1, 0.15) is 0 Å². The molecule has 16 heavy (non-hydrogen) atoms. The molecule has 0 N–H and O–H groups in total. The van der Waals surface area contributed by atoms with Crippen LogP contribution in [0.5, 0.6) is 0 Å². The van der Waals surface area contributed by atoms with Crippen molar-refractivity contribution in [1.29, 1.82) is 0 Å². The van der Waals surface area contributed by atoms with E-state index in [-0.39, 0.29) is 5.75 Å². The predicted molar refractivity (Wildman–Crippen MR) is 65.3 cm³/mol. The third kappa shape index (κ3) is 12.2. The minimum Gasteiger partial charge on any atom is -0.379 e. The highest BCUT2D eigenvalue weighted by molar-refractivity contribution is 8.13. The number of hydrogen-bond acceptors (Lipinski definition) is 4. The summed E-state index contributed by atoms with van der Waals surface area (Å²) in [6.45, 7) is 6.47. The molecule has 0 saturated carbocycles. The lowest BCUT2D eigenvalue weighted by Crippen LogP contribution is -2.09. The van der Waals surface area contributed by atoms with Crippen LogP contribution in [0.25, 0.3) is 0 Å². The van der Waals surface area contributed by atoms with E-state index in [0.717, 1.165) is 6.42 Å². The third-order valence-corrected chi connectivity index (χ3v) is 3.37. The smallest absolute Gasteiger partial charge is 0.232 e. The molecule has 0 rings (SSSR count). The highest BCUT2D eigenvalue weighted by Crippen LogP contribution is 2.11. The molecule has 0 heterocycles. The molecule has 0 spiro atoms. The molecule has 4 nitrogen and oxygen atoms in total. The molecule has 1 atom stereocenters. The second kappa shape index (κ2) is 9.22. The predicted octanol–water partition coefficient (Wildman–Crippen LogP) is 2.02. The van der Waals surface area contributed by atoms with Gasteiger partial charge in [-0.3, -0.25) is 0 Å². The van der Waals surface area contributed by atoms with E-state index < -0.39 is 9.05 Å². The lowest BCUT2D eigenvalue weighted by Gasteiger charge is -2.10. The van der Waals surface area contributed by atoms with Gasteiger partial charge in [0.15, 0.2) is 0 Å². The quantitative estimate of drug-likeness (QED) is 0.451. The van der Waals surface area contributed by atoms with Crippen molar-refractivity contribution < 1.29 is 17.9 Å². The summed E-state index contributed by atoms with van der Waals surface area (Å²) in [6.07, 6.45) is 1.43. The van der Waals surface area contributed by atoms with Gasteiger partial charge in [0.25, 0.3) is 0 Å². The Hall–Kier alpha value is 0.160. The average molecular weight is 273 g/mol. The number of ether oxygens (including phenoxy) is 2. The van der Waals surface area contributed by atoms with E-state index in [1.54, 1.807) is 0 Å². The first-order chi connectivity index (χ1) is 7.45. The van der Waals surface area contributed by atoms with E-state index in [4.69, 9.17) is 20.2 Å². The van der Waals surface area contributed by atoms with Gasteiger partial charge >= 0.3 is 0 Å². The second-order valence-corrected chi connectivity index (χ2v) is 6.63. The van der Waals surface area contributed by atoms with Gasteiger partial charge in [0, 0.05) is 23.9 Å². The molecule has 1 unspecified atom stereocenters. The maximum Gasteiger partial charge on any atom is 0.232 e. The Balaban J connectivity index is 3.34. The van der Waals surface area contributed by atoms with Gasteiger partial charge in [0.2, 0.25) is 9.05 Å². The van der Waals surface area contributed by atoms with E-state index in [0.29, 0.717) is 38.8 Å². The van der Waals surface area contributed by atoms with Crippen LogP contribution in [0.15, 0.2) is 0 Å². The fourth-order valence-electron chi connectivity index (χ4n) is 1.14. The molecule has 0 aromatic heterocycles. The molecule has 0 saturated heterocycles. The van der Waals surface area contributed by atoms with E-state index >= 15 is 0 Å². The molecular weight excluding hydrogens is 252 g/mol. The Kier molecular flexibility index (Phi) is 9.31. The zero-order valence-corrected chi connectivity index (χ0v) is 11.5. The molecule has 0 amide bonds. The maximum atomic E-state index is 10.7. The standard InChI is InChI=1S/C10H21ClO4S/c1-3-14-7-8-15-6-4-10(2)5-9-16(11,12)13/h10H,3-9H2,1-2H3. The van der Waals surface area contributed by atoms with E-state index in [2.05, 4.69) is 0 Å².